The zero-order valence-electron chi connectivity index (χ0n) is 11.8. The minimum absolute atomic E-state index is 0.0578. The highest BCUT2D eigenvalue weighted by molar-refractivity contribution is 7.92. The Morgan fingerprint density at radius 2 is 2.05 bits per heavy atom. The van der Waals surface area contributed by atoms with Crippen molar-refractivity contribution in [2.24, 2.45) is 0 Å². The molecule has 0 aliphatic heterocycles. The Balaban J connectivity index is 1.85. The van der Waals surface area contributed by atoms with E-state index < -0.39 is 10.0 Å². The largest absolute Gasteiger partial charge is 0.276 e. The van der Waals surface area contributed by atoms with Crippen LogP contribution >= 0.6 is 0 Å². The SMILES string of the molecule is CCn1cc(NS(=O)(=O)c2cnn(-c3ccccn3)c2)cn1. The number of anilines is 1. The molecule has 114 valence electrons. The molecule has 3 rings (SSSR count). The van der Waals surface area contributed by atoms with Crippen molar-refractivity contribution in [1.82, 2.24) is 24.5 Å². The number of hydrogen-bond donors (Lipinski definition) is 1. The van der Waals surface area contributed by atoms with Gasteiger partial charge in [0, 0.05) is 18.9 Å². The molecule has 0 bridgehead atoms. The van der Waals surface area contributed by atoms with E-state index in [0.29, 0.717) is 18.1 Å². The third-order valence-electron chi connectivity index (χ3n) is 2.96. The fraction of sp³-hybridized carbons (Fsp3) is 0.154. The van der Waals surface area contributed by atoms with Crippen LogP contribution in [0.15, 0.2) is 54.1 Å². The van der Waals surface area contributed by atoms with Crippen molar-refractivity contribution < 1.29 is 8.42 Å². The first kappa shape index (κ1) is 14.3. The first-order chi connectivity index (χ1) is 10.6. The van der Waals surface area contributed by atoms with Gasteiger partial charge in [-0.3, -0.25) is 9.40 Å². The van der Waals surface area contributed by atoms with E-state index in [1.165, 1.54) is 23.3 Å². The average molecular weight is 318 g/mol. The molecule has 0 aromatic carbocycles. The minimum Gasteiger partial charge on any atom is -0.276 e. The Kier molecular flexibility index (Phi) is 3.63. The summed E-state index contributed by atoms with van der Waals surface area (Å²) < 4.78 is 30.2. The number of rotatable bonds is 5. The van der Waals surface area contributed by atoms with Crippen molar-refractivity contribution >= 4 is 15.7 Å². The second kappa shape index (κ2) is 5.60. The zero-order chi connectivity index (χ0) is 15.6. The average Bonchev–Trinajstić information content (AvgIpc) is 3.17. The van der Waals surface area contributed by atoms with E-state index in [1.54, 1.807) is 35.3 Å². The first-order valence-corrected chi connectivity index (χ1v) is 8.08. The third kappa shape index (κ3) is 2.84. The van der Waals surface area contributed by atoms with Gasteiger partial charge in [0.2, 0.25) is 0 Å². The first-order valence-electron chi connectivity index (χ1n) is 6.60. The van der Waals surface area contributed by atoms with Gasteiger partial charge in [0.25, 0.3) is 10.0 Å². The second-order valence-corrected chi connectivity index (χ2v) is 6.18. The van der Waals surface area contributed by atoms with Gasteiger partial charge < -0.3 is 0 Å². The smallest absolute Gasteiger partial charge is 0.265 e. The summed E-state index contributed by atoms with van der Waals surface area (Å²) in [5.41, 5.74) is 0.410. The number of nitrogens with one attached hydrogen (secondary N) is 1. The molecule has 0 unspecified atom stereocenters. The molecule has 0 atom stereocenters. The molecule has 9 heteroatoms. The molecular formula is C13H14N6O2S. The molecule has 0 aliphatic carbocycles. The number of nitrogens with zero attached hydrogens (tertiary/aromatic N) is 5. The molecule has 0 saturated carbocycles. The van der Waals surface area contributed by atoms with E-state index in [2.05, 4.69) is 19.9 Å². The van der Waals surface area contributed by atoms with Crippen LogP contribution in [0.4, 0.5) is 5.69 Å². The summed E-state index contributed by atoms with van der Waals surface area (Å²) in [5.74, 6) is 0.544. The van der Waals surface area contributed by atoms with E-state index in [1.807, 2.05) is 6.92 Å². The molecule has 0 amide bonds. The van der Waals surface area contributed by atoms with Crippen molar-refractivity contribution in [2.75, 3.05) is 4.72 Å². The summed E-state index contributed by atoms with van der Waals surface area (Å²) in [6, 6.07) is 5.31. The molecule has 0 radical (unpaired) electrons. The second-order valence-electron chi connectivity index (χ2n) is 4.50. The van der Waals surface area contributed by atoms with Crippen molar-refractivity contribution in [3.63, 3.8) is 0 Å². The van der Waals surface area contributed by atoms with Gasteiger partial charge in [-0.15, -0.1) is 0 Å². The number of aryl methyl sites for hydroxylation is 1. The Morgan fingerprint density at radius 1 is 1.18 bits per heavy atom. The topological polar surface area (TPSA) is 94.7 Å². The van der Waals surface area contributed by atoms with Crippen molar-refractivity contribution in [3.05, 3.63) is 49.2 Å². The van der Waals surface area contributed by atoms with Crippen LogP contribution in [0.1, 0.15) is 6.92 Å². The Morgan fingerprint density at radius 3 is 2.73 bits per heavy atom. The fourth-order valence-corrected chi connectivity index (χ4v) is 2.82. The number of hydrogen-bond acceptors (Lipinski definition) is 5. The van der Waals surface area contributed by atoms with Crippen molar-refractivity contribution in [2.45, 2.75) is 18.4 Å². The van der Waals surface area contributed by atoms with Gasteiger partial charge >= 0.3 is 0 Å². The van der Waals surface area contributed by atoms with E-state index >= 15 is 0 Å². The van der Waals surface area contributed by atoms with E-state index in [0.717, 1.165) is 0 Å². The number of aromatic nitrogens is 5. The lowest BCUT2D eigenvalue weighted by molar-refractivity contribution is 0.601. The molecule has 3 aromatic heterocycles. The van der Waals surface area contributed by atoms with Gasteiger partial charge in [0.1, 0.15) is 4.90 Å². The molecular weight excluding hydrogens is 304 g/mol. The van der Waals surface area contributed by atoms with Crippen LogP contribution in [-0.2, 0) is 16.6 Å². The van der Waals surface area contributed by atoms with Gasteiger partial charge in [-0.2, -0.15) is 10.2 Å². The Bertz CT molecular complexity index is 869. The standard InChI is InChI=1S/C13H14N6O2S/c1-2-18-9-11(7-15-18)17-22(20,21)12-8-16-19(10-12)13-5-3-4-6-14-13/h3-10,17H,2H2,1H3. The maximum atomic E-state index is 12.3. The van der Waals surface area contributed by atoms with Crippen molar-refractivity contribution in [3.8, 4) is 5.82 Å². The molecule has 22 heavy (non-hydrogen) atoms. The lowest BCUT2D eigenvalue weighted by atomic mass is 10.5. The quantitative estimate of drug-likeness (QED) is 0.765. The molecule has 0 fully saturated rings. The van der Waals surface area contributed by atoms with E-state index in [4.69, 9.17) is 0 Å². The van der Waals surface area contributed by atoms with Gasteiger partial charge in [-0.05, 0) is 19.1 Å². The highest BCUT2D eigenvalue weighted by Gasteiger charge is 2.18. The van der Waals surface area contributed by atoms with Crippen LogP contribution in [0.5, 0.6) is 0 Å². The molecule has 0 saturated heterocycles. The predicted octanol–water partition coefficient (Wildman–Crippen LogP) is 1.28. The van der Waals surface area contributed by atoms with Crippen LogP contribution < -0.4 is 4.72 Å². The van der Waals surface area contributed by atoms with Crippen molar-refractivity contribution in [1.29, 1.82) is 0 Å². The molecule has 0 aliphatic rings. The van der Waals surface area contributed by atoms with E-state index in [-0.39, 0.29) is 4.90 Å². The normalized spacial score (nSPS) is 11.5. The summed E-state index contributed by atoms with van der Waals surface area (Å²) in [6.07, 6.45) is 7.39. The maximum absolute atomic E-state index is 12.3. The molecule has 8 nitrogen and oxygen atoms in total. The van der Waals surface area contributed by atoms with Crippen LogP contribution in [0, 0.1) is 0 Å². The van der Waals surface area contributed by atoms with Crippen LogP contribution in [-0.4, -0.2) is 33.0 Å². The van der Waals surface area contributed by atoms with E-state index in [9.17, 15) is 8.42 Å². The number of sulfonamides is 1. The Hall–Kier alpha value is -2.68. The van der Waals surface area contributed by atoms with Crippen LogP contribution in [0.2, 0.25) is 0 Å². The van der Waals surface area contributed by atoms with Gasteiger partial charge in [-0.25, -0.2) is 18.1 Å². The molecule has 3 aromatic rings. The minimum atomic E-state index is -3.71. The third-order valence-corrected chi connectivity index (χ3v) is 4.30. The lowest BCUT2D eigenvalue weighted by Gasteiger charge is -2.02. The van der Waals surface area contributed by atoms with Crippen LogP contribution in [0.3, 0.4) is 0 Å². The summed E-state index contributed by atoms with van der Waals surface area (Å²) >= 11 is 0. The molecule has 0 spiro atoms. The predicted molar refractivity (Wildman–Crippen MR) is 80.1 cm³/mol. The highest BCUT2D eigenvalue weighted by atomic mass is 32.2. The van der Waals surface area contributed by atoms with Crippen LogP contribution in [0.25, 0.3) is 5.82 Å². The lowest BCUT2D eigenvalue weighted by Crippen LogP contribution is -2.11. The van der Waals surface area contributed by atoms with Gasteiger partial charge in [0.15, 0.2) is 5.82 Å². The molecule has 1 N–H and O–H groups in total. The summed E-state index contributed by atoms with van der Waals surface area (Å²) in [6.45, 7) is 2.58. The van der Waals surface area contributed by atoms with Gasteiger partial charge in [0.05, 0.1) is 24.3 Å². The summed E-state index contributed by atoms with van der Waals surface area (Å²) in [5, 5.41) is 8.05. The Labute approximate surface area is 127 Å². The monoisotopic (exact) mass is 318 g/mol. The highest BCUT2D eigenvalue weighted by Crippen LogP contribution is 2.15. The fourth-order valence-electron chi connectivity index (χ4n) is 1.86. The summed E-state index contributed by atoms with van der Waals surface area (Å²) in [4.78, 5) is 4.17. The zero-order valence-corrected chi connectivity index (χ0v) is 12.6. The summed E-state index contributed by atoms with van der Waals surface area (Å²) in [7, 11) is -3.71. The number of pyridine rings is 1. The van der Waals surface area contributed by atoms with Gasteiger partial charge in [-0.1, -0.05) is 6.07 Å². The molecule has 3 heterocycles. The maximum Gasteiger partial charge on any atom is 0.265 e.